The second kappa shape index (κ2) is 20.4. The van der Waals surface area contributed by atoms with E-state index >= 15 is 0 Å². The number of hydrogen-bond donors (Lipinski definition) is 2. The first kappa shape index (κ1) is 25.1. The van der Waals surface area contributed by atoms with Gasteiger partial charge >= 0.3 is 0 Å². The van der Waals surface area contributed by atoms with Crippen molar-refractivity contribution in [3.05, 3.63) is 12.2 Å². The molecule has 0 fully saturated rings. The van der Waals surface area contributed by atoms with Gasteiger partial charge in [0.05, 0.1) is 13.2 Å². The zero-order chi connectivity index (χ0) is 19.3. The Labute approximate surface area is 161 Å². The monoisotopic (exact) mass is 369 g/mol. The van der Waals surface area contributed by atoms with E-state index in [1.807, 2.05) is 0 Å². The van der Waals surface area contributed by atoms with Crippen LogP contribution in [-0.2, 0) is 4.79 Å². The lowest BCUT2D eigenvalue weighted by molar-refractivity contribution is -0.132. The van der Waals surface area contributed by atoms with Crippen molar-refractivity contribution >= 4 is 5.91 Å². The summed E-state index contributed by atoms with van der Waals surface area (Å²) in [5.41, 5.74) is 0. The van der Waals surface area contributed by atoms with Crippen LogP contribution < -0.4 is 0 Å². The number of aliphatic hydroxyl groups is 2. The van der Waals surface area contributed by atoms with Crippen molar-refractivity contribution in [2.75, 3.05) is 26.3 Å². The van der Waals surface area contributed by atoms with Crippen LogP contribution in [0.3, 0.4) is 0 Å². The zero-order valence-electron chi connectivity index (χ0n) is 17.1. The number of amides is 1. The third-order valence-electron chi connectivity index (χ3n) is 4.74. The molecule has 0 bridgehead atoms. The van der Waals surface area contributed by atoms with Crippen molar-refractivity contribution in [2.24, 2.45) is 0 Å². The molecule has 4 nitrogen and oxygen atoms in total. The molecule has 0 aromatic carbocycles. The minimum atomic E-state index is -0.0435. The van der Waals surface area contributed by atoms with Crippen LogP contribution in [-0.4, -0.2) is 47.3 Å². The van der Waals surface area contributed by atoms with Crippen molar-refractivity contribution in [3.8, 4) is 0 Å². The summed E-state index contributed by atoms with van der Waals surface area (Å²) >= 11 is 0. The second-order valence-corrected chi connectivity index (χ2v) is 7.16. The quantitative estimate of drug-likeness (QED) is 0.253. The molecule has 0 aromatic rings. The Kier molecular flexibility index (Phi) is 19.8. The maximum atomic E-state index is 12.0. The van der Waals surface area contributed by atoms with Gasteiger partial charge in [-0.1, -0.05) is 70.4 Å². The number of hydrogen-bond acceptors (Lipinski definition) is 3. The van der Waals surface area contributed by atoms with Crippen LogP contribution in [0.25, 0.3) is 0 Å². The Morgan fingerprint density at radius 1 is 0.731 bits per heavy atom. The van der Waals surface area contributed by atoms with Crippen molar-refractivity contribution in [3.63, 3.8) is 0 Å². The third kappa shape index (κ3) is 16.6. The lowest BCUT2D eigenvalue weighted by Gasteiger charge is -2.20. The number of nitrogens with zero attached hydrogens (tertiary/aromatic N) is 1. The highest BCUT2D eigenvalue weighted by Crippen LogP contribution is 2.10. The van der Waals surface area contributed by atoms with Gasteiger partial charge in [-0.05, 0) is 32.1 Å². The van der Waals surface area contributed by atoms with Gasteiger partial charge in [-0.2, -0.15) is 0 Å². The average Bonchev–Trinajstić information content (AvgIpc) is 2.64. The van der Waals surface area contributed by atoms with Gasteiger partial charge in [0.15, 0.2) is 0 Å². The van der Waals surface area contributed by atoms with E-state index in [1.165, 1.54) is 70.6 Å². The molecule has 0 atom stereocenters. The highest BCUT2D eigenvalue weighted by Gasteiger charge is 2.11. The summed E-state index contributed by atoms with van der Waals surface area (Å²) < 4.78 is 0. The van der Waals surface area contributed by atoms with E-state index in [-0.39, 0.29) is 19.1 Å². The van der Waals surface area contributed by atoms with Crippen molar-refractivity contribution in [1.29, 1.82) is 0 Å². The third-order valence-corrected chi connectivity index (χ3v) is 4.74. The van der Waals surface area contributed by atoms with Gasteiger partial charge in [0.25, 0.3) is 0 Å². The summed E-state index contributed by atoms with van der Waals surface area (Å²) in [6.45, 7) is 2.82. The van der Waals surface area contributed by atoms with Crippen LogP contribution in [0.15, 0.2) is 12.2 Å². The summed E-state index contributed by atoms with van der Waals surface area (Å²) in [6, 6.07) is 0. The molecule has 0 aromatic heterocycles. The molecule has 0 aliphatic carbocycles. The Morgan fingerprint density at radius 2 is 1.19 bits per heavy atom. The van der Waals surface area contributed by atoms with Gasteiger partial charge in [0.2, 0.25) is 5.91 Å². The first-order chi connectivity index (χ1) is 12.8. The molecule has 154 valence electrons. The summed E-state index contributed by atoms with van der Waals surface area (Å²) in [5.74, 6) is 0.0470. The van der Waals surface area contributed by atoms with Crippen LogP contribution in [0, 0.1) is 0 Å². The van der Waals surface area contributed by atoms with Gasteiger partial charge in [0, 0.05) is 19.5 Å². The molecule has 0 saturated carbocycles. The molecule has 0 spiro atoms. The first-order valence-corrected chi connectivity index (χ1v) is 10.9. The molecule has 0 radical (unpaired) electrons. The zero-order valence-corrected chi connectivity index (χ0v) is 17.1. The fourth-order valence-electron chi connectivity index (χ4n) is 3.11. The molecule has 0 unspecified atom stereocenters. The number of rotatable bonds is 19. The Hall–Kier alpha value is -0.870. The molecule has 26 heavy (non-hydrogen) atoms. The van der Waals surface area contributed by atoms with E-state index < -0.39 is 0 Å². The normalized spacial score (nSPS) is 11.3. The van der Waals surface area contributed by atoms with Crippen LogP contribution in [0.4, 0.5) is 0 Å². The Morgan fingerprint density at radius 3 is 1.69 bits per heavy atom. The molecule has 1 amide bonds. The largest absolute Gasteiger partial charge is 0.395 e. The SMILES string of the molecule is CCCCCCCC/C=C\CCCCCCCC(=O)N(CCO)CCO. The molecular formula is C22H43NO3. The van der Waals surface area contributed by atoms with E-state index in [0.717, 1.165) is 12.8 Å². The predicted molar refractivity (Wildman–Crippen MR) is 110 cm³/mol. The lowest BCUT2D eigenvalue weighted by atomic mass is 10.1. The topological polar surface area (TPSA) is 60.8 Å². The maximum absolute atomic E-state index is 12.0. The summed E-state index contributed by atoms with van der Waals surface area (Å²) in [7, 11) is 0. The molecule has 4 heteroatoms. The Bertz CT molecular complexity index is 325. The van der Waals surface area contributed by atoms with E-state index in [4.69, 9.17) is 10.2 Å². The van der Waals surface area contributed by atoms with Crippen LogP contribution in [0.5, 0.6) is 0 Å². The molecule has 0 heterocycles. The highest BCUT2D eigenvalue weighted by molar-refractivity contribution is 5.76. The highest BCUT2D eigenvalue weighted by atomic mass is 16.3. The summed E-state index contributed by atoms with van der Waals surface area (Å²) in [5, 5.41) is 17.9. The number of aliphatic hydroxyl groups excluding tert-OH is 2. The molecule has 0 aliphatic heterocycles. The molecule has 0 saturated heterocycles. The summed E-state index contributed by atoms with van der Waals surface area (Å²) in [4.78, 5) is 13.5. The van der Waals surface area contributed by atoms with Crippen molar-refractivity contribution in [2.45, 2.75) is 96.8 Å². The van der Waals surface area contributed by atoms with Gasteiger partial charge in [-0.15, -0.1) is 0 Å². The standard InChI is InChI=1S/C22H43NO3/c1-2-3-4-5-6-7-8-9-10-11-12-13-14-15-16-17-22(26)23(18-20-24)19-21-25/h9-10,24-25H,2-8,11-21H2,1H3/b10-9-. The first-order valence-electron chi connectivity index (χ1n) is 10.9. The number of carbonyl (C=O) groups is 1. The predicted octanol–water partition coefficient (Wildman–Crippen LogP) is 4.84. The van der Waals surface area contributed by atoms with Gasteiger partial charge in [0.1, 0.15) is 0 Å². The van der Waals surface area contributed by atoms with Crippen molar-refractivity contribution < 1.29 is 15.0 Å². The fourth-order valence-corrected chi connectivity index (χ4v) is 3.11. The van der Waals surface area contributed by atoms with Gasteiger partial charge in [-0.3, -0.25) is 4.79 Å². The maximum Gasteiger partial charge on any atom is 0.222 e. The molecule has 0 rings (SSSR count). The minimum Gasteiger partial charge on any atom is -0.395 e. The Balaban J connectivity index is 3.39. The van der Waals surface area contributed by atoms with Gasteiger partial charge in [-0.25, -0.2) is 0 Å². The number of allylic oxidation sites excluding steroid dienone is 2. The van der Waals surface area contributed by atoms with E-state index in [9.17, 15) is 4.79 Å². The van der Waals surface area contributed by atoms with Crippen LogP contribution >= 0.6 is 0 Å². The van der Waals surface area contributed by atoms with Gasteiger partial charge < -0.3 is 15.1 Å². The number of unbranched alkanes of at least 4 members (excludes halogenated alkanes) is 11. The smallest absolute Gasteiger partial charge is 0.222 e. The van der Waals surface area contributed by atoms with E-state index in [0.29, 0.717) is 19.5 Å². The lowest BCUT2D eigenvalue weighted by Crippen LogP contribution is -2.35. The molecular weight excluding hydrogens is 326 g/mol. The number of carbonyl (C=O) groups excluding carboxylic acids is 1. The minimum absolute atomic E-state index is 0.0435. The van der Waals surface area contributed by atoms with E-state index in [1.54, 1.807) is 4.90 Å². The van der Waals surface area contributed by atoms with Crippen molar-refractivity contribution in [1.82, 2.24) is 4.90 Å². The fraction of sp³-hybridized carbons (Fsp3) is 0.864. The average molecular weight is 370 g/mol. The molecule has 0 aliphatic rings. The molecule has 2 N–H and O–H groups in total. The van der Waals surface area contributed by atoms with Crippen LogP contribution in [0.1, 0.15) is 96.8 Å². The summed E-state index contributed by atoms with van der Waals surface area (Å²) in [6.07, 6.45) is 21.4. The van der Waals surface area contributed by atoms with Crippen LogP contribution in [0.2, 0.25) is 0 Å². The second-order valence-electron chi connectivity index (χ2n) is 7.16. The van der Waals surface area contributed by atoms with E-state index in [2.05, 4.69) is 19.1 Å².